The maximum Gasteiger partial charge on any atom is 0.207 e. The van der Waals surface area contributed by atoms with Gasteiger partial charge in [0.2, 0.25) is 5.95 Å². The largest absolute Gasteiger partial charge is 0.358 e. The van der Waals surface area contributed by atoms with Gasteiger partial charge in [0.1, 0.15) is 6.29 Å². The molecule has 0 saturated heterocycles. The van der Waals surface area contributed by atoms with E-state index in [0.29, 0.717) is 0 Å². The van der Waals surface area contributed by atoms with Crippen LogP contribution in [0.3, 0.4) is 0 Å². The highest BCUT2D eigenvalue weighted by Crippen LogP contribution is 2.23. The second-order valence-electron chi connectivity index (χ2n) is 6.30. The number of aryl methyl sites for hydroxylation is 1. The number of nitrogens with one attached hydrogen (secondary N) is 1. The number of carbonyl (C=O) groups excluding carboxylic acids is 1. The smallest absolute Gasteiger partial charge is 0.207 e. The van der Waals surface area contributed by atoms with Crippen LogP contribution in [0.4, 0.5) is 5.95 Å². The zero-order chi connectivity index (χ0) is 21.8. The lowest BCUT2D eigenvalue weighted by Gasteiger charge is -2.05. The van der Waals surface area contributed by atoms with Gasteiger partial charge in [-0.3, -0.25) is 9.36 Å². The third-order valence-electron chi connectivity index (χ3n) is 4.25. The lowest BCUT2D eigenvalue weighted by molar-refractivity contribution is 0.112. The number of imidazole rings is 1. The maximum absolute atomic E-state index is 10.1. The molecule has 0 saturated carbocycles. The Balaban J connectivity index is 0.000000245. The summed E-state index contributed by atoms with van der Waals surface area (Å²) >= 11 is 0. The average molecular weight is 400 g/mol. The summed E-state index contributed by atoms with van der Waals surface area (Å²) in [6.45, 7) is 5.99. The van der Waals surface area contributed by atoms with E-state index in [4.69, 9.17) is 0 Å². The lowest BCUT2D eigenvalue weighted by Crippen LogP contribution is -1.99. The summed E-state index contributed by atoms with van der Waals surface area (Å²) in [4.78, 5) is 14.7. The van der Waals surface area contributed by atoms with E-state index >= 15 is 0 Å². The summed E-state index contributed by atoms with van der Waals surface area (Å²) in [7, 11) is 1.89. The van der Waals surface area contributed by atoms with Crippen molar-refractivity contribution in [2.45, 2.75) is 20.8 Å². The monoisotopic (exact) mass is 399 g/mol. The van der Waals surface area contributed by atoms with Crippen LogP contribution in [0.1, 0.15) is 29.8 Å². The Morgan fingerprint density at radius 1 is 0.833 bits per heavy atom. The van der Waals surface area contributed by atoms with Gasteiger partial charge in [-0.15, -0.1) is 0 Å². The number of anilines is 1. The summed E-state index contributed by atoms with van der Waals surface area (Å²) in [5.74, 6) is 0.838. The van der Waals surface area contributed by atoms with Crippen molar-refractivity contribution >= 4 is 12.2 Å². The highest BCUT2D eigenvalue weighted by atomic mass is 16.1. The van der Waals surface area contributed by atoms with E-state index in [2.05, 4.69) is 45.3 Å². The minimum atomic E-state index is 0.737. The summed E-state index contributed by atoms with van der Waals surface area (Å²) in [6.07, 6.45) is 2.90. The van der Waals surface area contributed by atoms with Crippen LogP contribution < -0.4 is 5.32 Å². The van der Waals surface area contributed by atoms with E-state index in [-0.39, 0.29) is 0 Å². The summed E-state index contributed by atoms with van der Waals surface area (Å²) in [5, 5.41) is 3.14. The van der Waals surface area contributed by atoms with Crippen LogP contribution in [-0.4, -0.2) is 22.9 Å². The SMILES string of the molecule is CC.CNc1nc(-c2ccccc2)cn1-c1ccccc1.Cc1ccc(C=O)cc1. The molecule has 1 heterocycles. The van der Waals surface area contributed by atoms with Gasteiger partial charge < -0.3 is 5.32 Å². The molecule has 4 aromatic rings. The quantitative estimate of drug-likeness (QED) is 0.403. The molecule has 0 radical (unpaired) electrons. The number of hydrogen-bond donors (Lipinski definition) is 1. The minimum absolute atomic E-state index is 0.737. The molecule has 0 bridgehead atoms. The van der Waals surface area contributed by atoms with Crippen LogP contribution in [0, 0.1) is 6.92 Å². The van der Waals surface area contributed by atoms with Gasteiger partial charge in [0.25, 0.3) is 0 Å². The number of aromatic nitrogens is 2. The topological polar surface area (TPSA) is 46.9 Å². The molecule has 1 N–H and O–H groups in total. The van der Waals surface area contributed by atoms with Gasteiger partial charge in [-0.1, -0.05) is 92.2 Å². The Bertz CT molecular complexity index is 1010. The first-order chi connectivity index (χ1) is 14.7. The highest BCUT2D eigenvalue weighted by Gasteiger charge is 2.09. The number of hydrogen-bond acceptors (Lipinski definition) is 3. The van der Waals surface area contributed by atoms with E-state index in [9.17, 15) is 4.79 Å². The van der Waals surface area contributed by atoms with E-state index in [1.807, 2.05) is 88.5 Å². The molecular weight excluding hydrogens is 370 g/mol. The first-order valence-electron chi connectivity index (χ1n) is 10.1. The molecule has 3 aromatic carbocycles. The molecule has 4 nitrogen and oxygen atoms in total. The van der Waals surface area contributed by atoms with E-state index in [0.717, 1.165) is 34.7 Å². The summed E-state index contributed by atoms with van der Waals surface area (Å²) in [5.41, 5.74) is 5.10. The third kappa shape index (κ3) is 6.17. The van der Waals surface area contributed by atoms with Crippen LogP contribution >= 0.6 is 0 Å². The number of carbonyl (C=O) groups is 1. The number of aldehydes is 1. The summed E-state index contributed by atoms with van der Waals surface area (Å²) < 4.78 is 2.06. The second-order valence-corrected chi connectivity index (χ2v) is 6.30. The fraction of sp³-hybridized carbons (Fsp3) is 0.154. The standard InChI is InChI=1S/C16H15N3.C8H8O.C2H6/c1-17-16-18-15(13-8-4-2-5-9-13)12-19(16)14-10-6-3-7-11-14;1-7-2-4-8(6-9)5-3-7;1-2/h2-12H,1H3,(H,17,18);2-6H,1H3;1-2H3. The Kier molecular flexibility index (Phi) is 9.07. The predicted molar refractivity (Wildman–Crippen MR) is 126 cm³/mol. The molecule has 0 amide bonds. The molecule has 0 aliphatic heterocycles. The first-order valence-corrected chi connectivity index (χ1v) is 10.1. The summed E-state index contributed by atoms with van der Waals surface area (Å²) in [6, 6.07) is 27.8. The molecule has 1 aromatic heterocycles. The van der Waals surface area contributed by atoms with Crippen molar-refractivity contribution in [2.24, 2.45) is 0 Å². The van der Waals surface area contributed by atoms with Crippen LogP contribution in [0.25, 0.3) is 16.9 Å². The molecule has 4 heteroatoms. The van der Waals surface area contributed by atoms with E-state index in [1.165, 1.54) is 5.56 Å². The Morgan fingerprint density at radius 2 is 1.40 bits per heavy atom. The van der Waals surface area contributed by atoms with Crippen LogP contribution in [-0.2, 0) is 0 Å². The molecule has 4 rings (SSSR count). The fourth-order valence-electron chi connectivity index (χ4n) is 2.74. The predicted octanol–water partition coefficient (Wildman–Crippen LogP) is 6.41. The van der Waals surface area contributed by atoms with Crippen molar-refractivity contribution in [1.29, 1.82) is 0 Å². The van der Waals surface area contributed by atoms with E-state index < -0.39 is 0 Å². The zero-order valence-corrected chi connectivity index (χ0v) is 18.0. The van der Waals surface area contributed by atoms with Crippen molar-refractivity contribution in [3.8, 4) is 16.9 Å². The molecule has 30 heavy (non-hydrogen) atoms. The van der Waals surface area contributed by atoms with Gasteiger partial charge in [0.15, 0.2) is 0 Å². The lowest BCUT2D eigenvalue weighted by atomic mass is 10.2. The molecule has 0 spiro atoms. The number of para-hydroxylation sites is 1. The van der Waals surface area contributed by atoms with E-state index in [1.54, 1.807) is 0 Å². The number of rotatable bonds is 4. The molecule has 0 aliphatic rings. The van der Waals surface area contributed by atoms with Gasteiger partial charge in [-0.2, -0.15) is 0 Å². The Labute approximate surface area is 179 Å². The zero-order valence-electron chi connectivity index (χ0n) is 18.0. The number of nitrogens with zero attached hydrogens (tertiary/aromatic N) is 2. The van der Waals surface area contributed by atoms with Crippen molar-refractivity contribution in [3.05, 3.63) is 102 Å². The molecule has 0 aliphatic carbocycles. The Hall–Kier alpha value is -3.66. The van der Waals surface area contributed by atoms with Gasteiger partial charge in [0, 0.05) is 30.1 Å². The van der Waals surface area contributed by atoms with Crippen molar-refractivity contribution in [2.75, 3.05) is 12.4 Å². The van der Waals surface area contributed by atoms with Crippen LogP contribution in [0.5, 0.6) is 0 Å². The van der Waals surface area contributed by atoms with Gasteiger partial charge in [0.05, 0.1) is 5.69 Å². The van der Waals surface area contributed by atoms with Crippen molar-refractivity contribution in [3.63, 3.8) is 0 Å². The van der Waals surface area contributed by atoms with Gasteiger partial charge in [-0.25, -0.2) is 4.98 Å². The highest BCUT2D eigenvalue weighted by molar-refractivity contribution is 5.74. The third-order valence-corrected chi connectivity index (χ3v) is 4.25. The minimum Gasteiger partial charge on any atom is -0.358 e. The van der Waals surface area contributed by atoms with Gasteiger partial charge in [-0.05, 0) is 19.1 Å². The van der Waals surface area contributed by atoms with Gasteiger partial charge >= 0.3 is 0 Å². The Morgan fingerprint density at radius 3 is 1.93 bits per heavy atom. The first kappa shape index (κ1) is 22.6. The molecule has 0 unspecified atom stereocenters. The van der Waals surface area contributed by atoms with Crippen LogP contribution in [0.15, 0.2) is 91.1 Å². The molecule has 0 atom stereocenters. The number of benzene rings is 3. The van der Waals surface area contributed by atoms with Crippen molar-refractivity contribution in [1.82, 2.24) is 9.55 Å². The maximum atomic E-state index is 10.1. The molecule has 154 valence electrons. The molecular formula is C26H29N3O. The molecule has 0 fully saturated rings. The fourth-order valence-corrected chi connectivity index (χ4v) is 2.74. The van der Waals surface area contributed by atoms with Crippen molar-refractivity contribution < 1.29 is 4.79 Å². The normalized spacial score (nSPS) is 9.47. The second kappa shape index (κ2) is 12.0. The average Bonchev–Trinajstić information content (AvgIpc) is 3.27. The van der Waals surface area contributed by atoms with Crippen LogP contribution in [0.2, 0.25) is 0 Å².